The number of Topliss-reactive ketones (excluding diaryl/α,β-unsaturated/α-hetero) is 1. The van der Waals surface area contributed by atoms with Gasteiger partial charge in [-0.25, -0.2) is 22.8 Å². The van der Waals surface area contributed by atoms with Crippen LogP contribution in [0.5, 0.6) is 0 Å². The average molecular weight is 629 g/mol. The van der Waals surface area contributed by atoms with Gasteiger partial charge in [-0.15, -0.1) is 0 Å². The van der Waals surface area contributed by atoms with Gasteiger partial charge in [0.1, 0.15) is 11.4 Å². The smallest absolute Gasteiger partial charge is 0.443 e. The summed E-state index contributed by atoms with van der Waals surface area (Å²) < 4.78 is 127. The largest absolute Gasteiger partial charge is 0.451 e. The molecule has 3 fully saturated rings. The van der Waals surface area contributed by atoms with E-state index >= 15 is 0 Å². The van der Waals surface area contributed by atoms with Gasteiger partial charge in [-0.05, 0) is 55.0 Å². The van der Waals surface area contributed by atoms with Gasteiger partial charge in [0.05, 0.1) is 17.3 Å². The van der Waals surface area contributed by atoms with Crippen LogP contribution in [0, 0.1) is 11.7 Å². The predicted octanol–water partition coefficient (Wildman–Crippen LogP) is 5.81. The van der Waals surface area contributed by atoms with Gasteiger partial charge in [0.15, 0.2) is 5.78 Å². The Balaban J connectivity index is 1.25. The number of benzene rings is 1. The first kappa shape index (κ1) is 29.2. The standard InChI is InChI=1S/C27H19F7N4O4S/c28-17-2-4-22-14(5-17)9-23(42-22)43(40,41)38-18-6-15(7-18)24(38)21(39)3-1-13-8-20(35-12-19(13)26(29,30)31)16-10-36-25(37-11-16)27(32,33)34/h2,4-5,8-12,15,18,24H,1,3,6-7H2/t15?,18?,24-/m0/s1. The second kappa shape index (κ2) is 10.1. The Morgan fingerprint density at radius 1 is 0.953 bits per heavy atom. The fraction of sp³-hybridized carbons (Fsp3) is 0.333. The van der Waals surface area contributed by atoms with Crippen molar-refractivity contribution in [1.82, 2.24) is 19.3 Å². The van der Waals surface area contributed by atoms with Crippen molar-refractivity contribution in [2.24, 2.45) is 5.92 Å². The molecule has 4 aromatic rings. The van der Waals surface area contributed by atoms with Gasteiger partial charge < -0.3 is 4.42 Å². The summed E-state index contributed by atoms with van der Waals surface area (Å²) in [6.45, 7) is 0. The third kappa shape index (κ3) is 5.26. The van der Waals surface area contributed by atoms with Crippen molar-refractivity contribution in [1.29, 1.82) is 0 Å². The van der Waals surface area contributed by atoms with E-state index in [0.29, 0.717) is 19.0 Å². The lowest BCUT2D eigenvalue weighted by Gasteiger charge is -2.24. The highest BCUT2D eigenvalue weighted by Gasteiger charge is 2.58. The molecule has 2 aliphatic heterocycles. The van der Waals surface area contributed by atoms with Crippen LogP contribution >= 0.6 is 0 Å². The van der Waals surface area contributed by atoms with Crippen molar-refractivity contribution >= 4 is 26.8 Å². The number of nitrogens with zero attached hydrogens (tertiary/aromatic N) is 4. The zero-order valence-corrected chi connectivity index (χ0v) is 22.5. The maximum Gasteiger partial charge on any atom is 0.451 e. The zero-order chi connectivity index (χ0) is 30.9. The van der Waals surface area contributed by atoms with E-state index in [1.165, 1.54) is 6.07 Å². The highest BCUT2D eigenvalue weighted by Crippen LogP contribution is 2.49. The molecule has 3 aromatic heterocycles. The lowest BCUT2D eigenvalue weighted by molar-refractivity contribution is -0.145. The minimum absolute atomic E-state index is 0.0751. The van der Waals surface area contributed by atoms with E-state index in [2.05, 4.69) is 15.0 Å². The van der Waals surface area contributed by atoms with Crippen molar-refractivity contribution < 1.29 is 48.4 Å². The van der Waals surface area contributed by atoms with Crippen molar-refractivity contribution in [3.63, 3.8) is 0 Å². The van der Waals surface area contributed by atoms with Gasteiger partial charge in [0, 0.05) is 48.1 Å². The molecule has 7 rings (SSSR count). The number of hydrogen-bond donors (Lipinski definition) is 0. The summed E-state index contributed by atoms with van der Waals surface area (Å²) in [4.78, 5) is 23.5. The Kier molecular flexibility index (Phi) is 6.84. The van der Waals surface area contributed by atoms with Gasteiger partial charge in [-0.3, -0.25) is 9.78 Å². The summed E-state index contributed by atoms with van der Waals surface area (Å²) in [7, 11) is -4.35. The number of aromatic nitrogens is 3. The van der Waals surface area contributed by atoms with Crippen molar-refractivity contribution in [2.45, 2.75) is 55.2 Å². The Hall–Kier alpha value is -3.92. The molecule has 1 aromatic carbocycles. The van der Waals surface area contributed by atoms with E-state index in [-0.39, 0.29) is 33.7 Å². The zero-order valence-electron chi connectivity index (χ0n) is 21.7. The number of carbonyl (C=O) groups is 1. The third-order valence-electron chi connectivity index (χ3n) is 7.68. The Bertz CT molecular complexity index is 1830. The Morgan fingerprint density at radius 2 is 1.65 bits per heavy atom. The number of halogens is 7. The number of alkyl halides is 6. The molecule has 0 amide bonds. The topological polar surface area (TPSA) is 106 Å². The van der Waals surface area contributed by atoms with Crippen LogP contribution in [0.15, 0.2) is 58.4 Å². The fourth-order valence-electron chi connectivity index (χ4n) is 5.63. The molecule has 3 aliphatic rings. The maximum absolute atomic E-state index is 13.8. The Morgan fingerprint density at radius 3 is 2.30 bits per heavy atom. The molecule has 1 aliphatic carbocycles. The average Bonchev–Trinajstić information content (AvgIpc) is 3.62. The number of ketones is 1. The minimum atomic E-state index is -4.86. The van der Waals surface area contributed by atoms with E-state index in [9.17, 15) is 43.9 Å². The molecule has 1 saturated carbocycles. The third-order valence-corrected chi connectivity index (χ3v) is 9.47. The van der Waals surface area contributed by atoms with Crippen molar-refractivity contribution in [3.8, 4) is 11.3 Å². The maximum atomic E-state index is 13.8. The van der Waals surface area contributed by atoms with Crippen LogP contribution in [0.2, 0.25) is 0 Å². The van der Waals surface area contributed by atoms with E-state index in [1.807, 2.05) is 0 Å². The molecular formula is C27H19F7N4O4S. The molecule has 8 nitrogen and oxygen atoms in total. The number of furan rings is 1. The monoisotopic (exact) mass is 628 g/mol. The lowest BCUT2D eigenvalue weighted by atomic mass is 9.81. The molecule has 2 saturated heterocycles. The number of sulfonamides is 1. The number of hydrogen-bond acceptors (Lipinski definition) is 7. The highest BCUT2D eigenvalue weighted by molar-refractivity contribution is 7.89. The molecule has 16 heteroatoms. The normalized spacial score (nSPS) is 20.9. The van der Waals surface area contributed by atoms with Crippen LogP contribution in [0.1, 0.15) is 36.2 Å². The molecule has 5 heterocycles. The molecule has 0 spiro atoms. The van der Waals surface area contributed by atoms with Gasteiger partial charge in [-0.1, -0.05) is 0 Å². The van der Waals surface area contributed by atoms with Crippen molar-refractivity contribution in [3.05, 3.63) is 71.7 Å². The lowest BCUT2D eigenvalue weighted by Crippen LogP contribution is -2.41. The molecule has 226 valence electrons. The van der Waals surface area contributed by atoms with E-state index < -0.39 is 75.4 Å². The highest BCUT2D eigenvalue weighted by atomic mass is 32.2. The number of pyridine rings is 1. The summed E-state index contributed by atoms with van der Waals surface area (Å²) in [5.41, 5.74) is -1.59. The van der Waals surface area contributed by atoms with Crippen LogP contribution in [-0.2, 0) is 33.6 Å². The van der Waals surface area contributed by atoms with E-state index in [0.717, 1.165) is 41.0 Å². The van der Waals surface area contributed by atoms with Crippen LogP contribution in [0.4, 0.5) is 30.7 Å². The SMILES string of the molecule is O=C(CCc1cc(-c2cnc(C(F)(F)F)nc2)ncc1C(F)(F)F)[C@@H]1C2CC(C2)N1S(=O)(=O)c1cc2cc(F)ccc2o1. The quantitative estimate of drug-likeness (QED) is 0.238. The minimum Gasteiger partial charge on any atom is -0.443 e. The fourth-order valence-corrected chi connectivity index (χ4v) is 7.46. The number of aryl methyl sites for hydroxylation is 1. The predicted molar refractivity (Wildman–Crippen MR) is 134 cm³/mol. The summed E-state index contributed by atoms with van der Waals surface area (Å²) in [6, 6.07) is 4.01. The summed E-state index contributed by atoms with van der Waals surface area (Å²) in [6.07, 6.45) is -7.72. The molecule has 0 unspecified atom stereocenters. The Labute approximate surface area is 238 Å². The van der Waals surface area contributed by atoms with Gasteiger partial charge in [0.2, 0.25) is 10.9 Å². The van der Waals surface area contributed by atoms with Crippen LogP contribution < -0.4 is 0 Å². The molecular weight excluding hydrogens is 609 g/mol. The molecule has 43 heavy (non-hydrogen) atoms. The van der Waals surface area contributed by atoms with Gasteiger partial charge in [0.25, 0.3) is 10.0 Å². The second-order valence-electron chi connectivity index (χ2n) is 10.4. The van der Waals surface area contributed by atoms with Crippen LogP contribution in [0.3, 0.4) is 0 Å². The van der Waals surface area contributed by atoms with Crippen LogP contribution in [0.25, 0.3) is 22.2 Å². The molecule has 0 N–H and O–H groups in total. The number of fused-ring (bicyclic) bond motifs is 2. The first-order valence-corrected chi connectivity index (χ1v) is 14.3. The van der Waals surface area contributed by atoms with E-state index in [4.69, 9.17) is 4.42 Å². The summed E-state index contributed by atoms with van der Waals surface area (Å²) in [5.74, 6) is -2.95. The number of rotatable bonds is 7. The van der Waals surface area contributed by atoms with Gasteiger partial charge >= 0.3 is 12.4 Å². The first-order valence-electron chi connectivity index (χ1n) is 12.8. The van der Waals surface area contributed by atoms with Gasteiger partial charge in [-0.2, -0.15) is 30.6 Å². The molecule has 1 atom stereocenters. The van der Waals surface area contributed by atoms with E-state index in [1.54, 1.807) is 0 Å². The first-order chi connectivity index (χ1) is 20.1. The summed E-state index contributed by atoms with van der Waals surface area (Å²) >= 11 is 0. The van der Waals surface area contributed by atoms with Crippen LogP contribution in [-0.4, -0.2) is 45.5 Å². The number of carbonyl (C=O) groups excluding carboxylic acids is 1. The van der Waals surface area contributed by atoms with Crippen molar-refractivity contribution in [2.75, 3.05) is 0 Å². The molecule has 2 bridgehead atoms. The summed E-state index contributed by atoms with van der Waals surface area (Å²) in [5, 5.41) is -0.269. The molecule has 0 radical (unpaired) electrons. The second-order valence-corrected chi connectivity index (χ2v) is 12.2.